The number of ether oxygens (including phenoxy) is 6. The van der Waals surface area contributed by atoms with Crippen LogP contribution in [-0.2, 0) is 28.5 Å². The highest BCUT2D eigenvalue weighted by Gasteiger charge is 2.09. The molecule has 12 heteroatoms. The Labute approximate surface area is 259 Å². The molecule has 0 heterocycles. The number of rotatable bonds is 22. The summed E-state index contributed by atoms with van der Waals surface area (Å²) in [4.78, 5) is 45.9. The molecule has 0 amide bonds. The third-order valence-electron chi connectivity index (χ3n) is 5.96. The molecule has 0 saturated heterocycles. The molecule has 0 fully saturated rings. The summed E-state index contributed by atoms with van der Waals surface area (Å²) < 4.78 is 31.0. The Kier molecular flexibility index (Phi) is 19.7. The molecule has 2 aromatic carbocycles. The predicted octanol–water partition coefficient (Wildman–Crippen LogP) is 3.73. The summed E-state index contributed by atoms with van der Waals surface area (Å²) in [5.41, 5.74) is 13.1. The van der Waals surface area contributed by atoms with Crippen LogP contribution >= 0.6 is 0 Å². The fourth-order valence-corrected chi connectivity index (χ4v) is 3.61. The lowest BCUT2D eigenvalue weighted by Crippen LogP contribution is -2.13. The van der Waals surface area contributed by atoms with E-state index in [4.69, 9.17) is 39.9 Å². The Morgan fingerprint density at radius 1 is 0.591 bits per heavy atom. The van der Waals surface area contributed by atoms with Crippen LogP contribution in [0.1, 0.15) is 60.2 Å². The zero-order valence-electron chi connectivity index (χ0n) is 26.2. The van der Waals surface area contributed by atoms with Crippen molar-refractivity contribution in [1.29, 1.82) is 0 Å². The molecule has 0 atom stereocenters. The molecule has 2 aromatic rings. The zero-order valence-corrected chi connectivity index (χ0v) is 26.2. The summed E-state index contributed by atoms with van der Waals surface area (Å²) in [6, 6.07) is 9.57. The van der Waals surface area contributed by atoms with Gasteiger partial charge in [0.05, 0.1) is 26.4 Å². The molecule has 0 unspecified atom stereocenters. The van der Waals surface area contributed by atoms with Gasteiger partial charge in [0.1, 0.15) is 24.7 Å². The summed E-state index contributed by atoms with van der Waals surface area (Å²) in [5, 5.41) is 0. The number of anilines is 2. The average molecular weight is 619 g/mol. The van der Waals surface area contributed by atoms with Crippen LogP contribution < -0.4 is 20.9 Å². The SMILES string of the molecule is COCCOCCCC(=O)COc1ccc(C(C)=O)c(N)c1.COCCOCCCC(=O)COc1ccc(C(C)=O)c(N)c1. The van der Waals surface area contributed by atoms with Gasteiger partial charge in [-0.05, 0) is 51.0 Å². The van der Waals surface area contributed by atoms with Crippen LogP contribution in [0.2, 0.25) is 0 Å². The maximum absolute atomic E-state index is 11.7. The lowest BCUT2D eigenvalue weighted by atomic mass is 10.1. The minimum absolute atomic E-state index is 0.00967. The summed E-state index contributed by atoms with van der Waals surface area (Å²) in [5.74, 6) is 0.732. The van der Waals surface area contributed by atoms with Crippen molar-refractivity contribution >= 4 is 34.5 Å². The van der Waals surface area contributed by atoms with E-state index in [0.717, 1.165) is 0 Å². The molecular formula is C32H46N2O10. The molecule has 0 spiro atoms. The first-order valence-electron chi connectivity index (χ1n) is 14.3. The fourth-order valence-electron chi connectivity index (χ4n) is 3.61. The van der Waals surface area contributed by atoms with Gasteiger partial charge in [-0.1, -0.05) is 0 Å². The van der Waals surface area contributed by atoms with E-state index >= 15 is 0 Å². The third kappa shape index (κ3) is 16.7. The smallest absolute Gasteiger partial charge is 0.170 e. The fraction of sp³-hybridized carbons (Fsp3) is 0.500. The highest BCUT2D eigenvalue weighted by molar-refractivity contribution is 5.99. The van der Waals surface area contributed by atoms with Crippen molar-refractivity contribution in [2.75, 3.05) is 78.5 Å². The average Bonchev–Trinajstić information content (AvgIpc) is 2.98. The lowest BCUT2D eigenvalue weighted by molar-refractivity contribution is -0.122. The molecule has 0 aromatic heterocycles. The summed E-state index contributed by atoms with van der Waals surface area (Å²) in [7, 11) is 3.22. The normalized spacial score (nSPS) is 10.5. The van der Waals surface area contributed by atoms with E-state index in [1.807, 2.05) is 0 Å². The second-order valence-corrected chi connectivity index (χ2v) is 9.68. The van der Waals surface area contributed by atoms with Crippen molar-refractivity contribution in [1.82, 2.24) is 0 Å². The Morgan fingerprint density at radius 2 is 0.977 bits per heavy atom. The van der Waals surface area contributed by atoms with Crippen LogP contribution in [-0.4, -0.2) is 90.2 Å². The van der Waals surface area contributed by atoms with E-state index in [9.17, 15) is 19.2 Å². The van der Waals surface area contributed by atoms with E-state index in [0.29, 0.717) is 99.3 Å². The van der Waals surface area contributed by atoms with Gasteiger partial charge in [-0.3, -0.25) is 19.2 Å². The van der Waals surface area contributed by atoms with Crippen LogP contribution in [0.15, 0.2) is 36.4 Å². The van der Waals surface area contributed by atoms with Gasteiger partial charge in [-0.25, -0.2) is 0 Å². The number of benzene rings is 2. The third-order valence-corrected chi connectivity index (χ3v) is 5.96. The van der Waals surface area contributed by atoms with Crippen molar-refractivity contribution in [3.63, 3.8) is 0 Å². The molecule has 0 aliphatic rings. The Morgan fingerprint density at radius 3 is 1.30 bits per heavy atom. The number of carbonyl (C=O) groups is 4. The monoisotopic (exact) mass is 618 g/mol. The van der Waals surface area contributed by atoms with Crippen LogP contribution in [0, 0.1) is 0 Å². The Hall–Kier alpha value is -3.84. The van der Waals surface area contributed by atoms with Gasteiger partial charge in [-0.15, -0.1) is 0 Å². The maximum Gasteiger partial charge on any atom is 0.170 e. The molecule has 4 N–H and O–H groups in total. The number of hydrogen-bond donors (Lipinski definition) is 2. The molecule has 0 bridgehead atoms. The highest BCUT2D eigenvalue weighted by Crippen LogP contribution is 2.21. The first-order chi connectivity index (χ1) is 21.1. The van der Waals surface area contributed by atoms with Gasteiger partial charge in [-0.2, -0.15) is 0 Å². The standard InChI is InChI=1S/2C16H23NO5/c2*1-12(18)15-6-5-14(10-16(15)17)22-11-13(19)4-3-7-21-9-8-20-2/h2*5-6,10H,3-4,7-9,11,17H2,1-2H3. The predicted molar refractivity (Wildman–Crippen MR) is 167 cm³/mol. The lowest BCUT2D eigenvalue weighted by Gasteiger charge is -2.08. The minimum atomic E-state index is -0.103. The van der Waals surface area contributed by atoms with E-state index in [-0.39, 0.29) is 36.3 Å². The number of hydrogen-bond acceptors (Lipinski definition) is 12. The molecule has 244 valence electrons. The maximum atomic E-state index is 11.7. The van der Waals surface area contributed by atoms with E-state index in [2.05, 4.69) is 0 Å². The molecule has 0 radical (unpaired) electrons. The zero-order chi connectivity index (χ0) is 32.7. The van der Waals surface area contributed by atoms with Crippen molar-refractivity contribution in [3.05, 3.63) is 47.5 Å². The van der Waals surface area contributed by atoms with Crippen molar-refractivity contribution in [3.8, 4) is 11.5 Å². The van der Waals surface area contributed by atoms with Crippen LogP contribution in [0.25, 0.3) is 0 Å². The van der Waals surface area contributed by atoms with Gasteiger partial charge in [0.25, 0.3) is 0 Å². The van der Waals surface area contributed by atoms with Crippen molar-refractivity contribution in [2.45, 2.75) is 39.5 Å². The van der Waals surface area contributed by atoms with Crippen LogP contribution in [0.4, 0.5) is 11.4 Å². The molecular weight excluding hydrogens is 572 g/mol. The topological polar surface area (TPSA) is 176 Å². The second kappa shape index (κ2) is 22.7. The number of nitrogens with two attached hydrogens (primary N) is 2. The van der Waals surface area contributed by atoms with E-state index in [1.54, 1.807) is 50.6 Å². The number of Topliss-reactive ketones (excluding diaryl/α,β-unsaturated/α-hetero) is 4. The summed E-state index contributed by atoms with van der Waals surface area (Å²) in [6.07, 6.45) is 2.09. The number of nitrogen functional groups attached to an aromatic ring is 2. The molecule has 12 nitrogen and oxygen atoms in total. The van der Waals surface area contributed by atoms with Gasteiger partial charge in [0.2, 0.25) is 0 Å². The number of carbonyl (C=O) groups excluding carboxylic acids is 4. The molecule has 0 saturated carbocycles. The number of ketones is 4. The quantitative estimate of drug-likeness (QED) is 0.111. The molecule has 2 rings (SSSR count). The van der Waals surface area contributed by atoms with Gasteiger partial charge < -0.3 is 39.9 Å². The van der Waals surface area contributed by atoms with Gasteiger partial charge >= 0.3 is 0 Å². The minimum Gasteiger partial charge on any atom is -0.486 e. The summed E-state index contributed by atoms with van der Waals surface area (Å²) in [6.45, 7) is 6.07. The molecule has 0 aliphatic heterocycles. The first kappa shape index (κ1) is 38.2. The Balaban J connectivity index is 0.000000440. The molecule has 0 aliphatic carbocycles. The van der Waals surface area contributed by atoms with Crippen LogP contribution in [0.5, 0.6) is 11.5 Å². The van der Waals surface area contributed by atoms with E-state index < -0.39 is 0 Å². The second-order valence-electron chi connectivity index (χ2n) is 9.68. The van der Waals surface area contributed by atoms with Crippen molar-refractivity contribution < 1.29 is 47.6 Å². The highest BCUT2D eigenvalue weighted by atomic mass is 16.5. The van der Waals surface area contributed by atoms with E-state index in [1.165, 1.54) is 13.8 Å². The summed E-state index contributed by atoms with van der Waals surface area (Å²) >= 11 is 0. The van der Waals surface area contributed by atoms with Gasteiger partial charge in [0.15, 0.2) is 23.1 Å². The Bertz CT molecular complexity index is 1090. The molecule has 44 heavy (non-hydrogen) atoms. The van der Waals surface area contributed by atoms with Crippen LogP contribution in [0.3, 0.4) is 0 Å². The van der Waals surface area contributed by atoms with Gasteiger partial charge in [0, 0.05) is 74.9 Å². The largest absolute Gasteiger partial charge is 0.486 e. The first-order valence-corrected chi connectivity index (χ1v) is 14.3. The van der Waals surface area contributed by atoms with Crippen molar-refractivity contribution in [2.24, 2.45) is 0 Å². The number of methoxy groups -OCH3 is 2.